The maximum Gasteiger partial charge on any atom is 0.217 e. The molecule has 5 aromatic carbocycles. The first-order valence-electron chi connectivity index (χ1n) is 16.7. The number of pyridine rings is 1. The maximum atomic E-state index is 6.88. The van der Waals surface area contributed by atoms with Crippen molar-refractivity contribution in [2.45, 2.75) is 44.8 Å². The Bertz CT molecular complexity index is 2490. The van der Waals surface area contributed by atoms with Crippen LogP contribution in [-0.2, 0) is 16.6 Å². The molecule has 0 N–H and O–H groups in total. The molecule has 48 heavy (non-hydrogen) atoms. The number of rotatable bonds is 4. The normalized spacial score (nSPS) is 18.3. The quantitative estimate of drug-likeness (QED) is 0.196. The van der Waals surface area contributed by atoms with Crippen LogP contribution < -0.4 is 4.74 Å². The summed E-state index contributed by atoms with van der Waals surface area (Å²) in [6.45, 7) is 6.78. The van der Waals surface area contributed by atoms with Crippen LogP contribution in [0.25, 0.3) is 38.8 Å². The number of ether oxygens (including phenoxy) is 2. The number of fused-ring (bicyclic) bond motifs is 8. The molecule has 0 saturated heterocycles. The van der Waals surface area contributed by atoms with Gasteiger partial charge in [0, 0.05) is 40.4 Å². The molecule has 0 radical (unpaired) electrons. The first kappa shape index (κ1) is 27.4. The van der Waals surface area contributed by atoms with E-state index in [-0.39, 0.29) is 17.6 Å². The number of aromatic nitrogens is 2. The van der Waals surface area contributed by atoms with Crippen LogP contribution in [0.4, 0.5) is 0 Å². The molecule has 0 bridgehead atoms. The predicted octanol–water partition coefficient (Wildman–Crippen LogP) is 10.0. The van der Waals surface area contributed by atoms with E-state index in [1.54, 1.807) is 0 Å². The Hall–Kier alpha value is -5.68. The Kier molecular flexibility index (Phi) is 5.67. The van der Waals surface area contributed by atoms with E-state index in [4.69, 9.17) is 19.5 Å². The van der Waals surface area contributed by atoms with Crippen LogP contribution in [0.5, 0.6) is 11.5 Å². The third-order valence-corrected chi connectivity index (χ3v) is 10.6. The Morgan fingerprint density at radius 2 is 1.58 bits per heavy atom. The van der Waals surface area contributed by atoms with Gasteiger partial charge in [-0.25, -0.2) is 9.98 Å². The number of para-hydroxylation sites is 1. The first-order chi connectivity index (χ1) is 23.4. The fraction of sp³-hybridized carbons (Fsp3) is 0.163. The summed E-state index contributed by atoms with van der Waals surface area (Å²) < 4.78 is 15.8. The Balaban J connectivity index is 1.12. The summed E-state index contributed by atoms with van der Waals surface area (Å²) in [4.78, 5) is 10.0. The highest BCUT2D eigenvalue weighted by Crippen LogP contribution is 2.49. The summed E-state index contributed by atoms with van der Waals surface area (Å²) in [5.41, 5.74) is 12.4. The third-order valence-electron chi connectivity index (χ3n) is 10.6. The molecule has 0 saturated carbocycles. The van der Waals surface area contributed by atoms with Gasteiger partial charge in [-0.1, -0.05) is 86.6 Å². The molecule has 2 aliphatic heterocycles. The number of aryl methyl sites for hydroxylation is 1. The maximum absolute atomic E-state index is 6.88. The Morgan fingerprint density at radius 1 is 0.771 bits per heavy atom. The van der Waals surface area contributed by atoms with Gasteiger partial charge in [0.25, 0.3) is 0 Å². The van der Waals surface area contributed by atoms with Crippen molar-refractivity contribution in [1.29, 1.82) is 0 Å². The zero-order valence-corrected chi connectivity index (χ0v) is 27.1. The summed E-state index contributed by atoms with van der Waals surface area (Å²) in [6, 6.07) is 40.7. The van der Waals surface area contributed by atoms with Crippen LogP contribution in [0.1, 0.15) is 53.3 Å². The second-order valence-electron chi connectivity index (χ2n) is 13.8. The third kappa shape index (κ3) is 3.91. The summed E-state index contributed by atoms with van der Waals surface area (Å²) in [6.07, 6.45) is 2.78. The first-order valence-corrected chi connectivity index (χ1v) is 16.7. The molecular weight excluding hydrogens is 590 g/mol. The van der Waals surface area contributed by atoms with Crippen molar-refractivity contribution < 1.29 is 9.47 Å². The molecule has 2 atom stereocenters. The van der Waals surface area contributed by atoms with Crippen LogP contribution in [-0.4, -0.2) is 21.6 Å². The number of hydrogen-bond donors (Lipinski definition) is 0. The summed E-state index contributed by atoms with van der Waals surface area (Å²) in [5.74, 6) is 2.23. The lowest BCUT2D eigenvalue weighted by Crippen LogP contribution is -2.26. The van der Waals surface area contributed by atoms with E-state index in [1.165, 1.54) is 33.2 Å². The van der Waals surface area contributed by atoms with E-state index in [0.717, 1.165) is 56.9 Å². The molecule has 0 fully saturated rings. The van der Waals surface area contributed by atoms with Gasteiger partial charge >= 0.3 is 0 Å². The summed E-state index contributed by atoms with van der Waals surface area (Å²) in [5, 5.41) is 2.38. The van der Waals surface area contributed by atoms with E-state index in [1.807, 2.05) is 18.3 Å². The summed E-state index contributed by atoms with van der Waals surface area (Å²) in [7, 11) is 0. The number of hydrogen-bond acceptors (Lipinski definition) is 4. The lowest BCUT2D eigenvalue weighted by molar-refractivity contribution is 0.206. The lowest BCUT2D eigenvalue weighted by Gasteiger charge is -2.35. The van der Waals surface area contributed by atoms with Crippen molar-refractivity contribution in [2.24, 2.45) is 4.99 Å². The minimum absolute atomic E-state index is 0.0249. The molecular formula is C43H33N3O2. The Morgan fingerprint density at radius 3 is 2.48 bits per heavy atom. The van der Waals surface area contributed by atoms with Crippen molar-refractivity contribution in [2.75, 3.05) is 0 Å². The molecule has 2 aromatic heterocycles. The zero-order chi connectivity index (χ0) is 32.1. The molecule has 4 heterocycles. The fourth-order valence-electron chi connectivity index (χ4n) is 8.19. The van der Waals surface area contributed by atoms with Crippen LogP contribution >= 0.6 is 0 Å². The monoisotopic (exact) mass is 623 g/mol. The average molecular weight is 624 g/mol. The highest BCUT2D eigenvalue weighted by atomic mass is 16.5. The standard InChI is InChI=1S/C43H33N3O2/c1-25-19-35-36(46-40-32(33-16-10-18-44-41(33)46)15-9-17-34(40)43(35,2)3)24-37(25)47-30-21-28(26-11-5-4-6-12-26)20-29(22-30)42-45-39-31-14-8-7-13-27(31)23-38(39)48-42/h4-22,24,38-39H,23H2,1-3H3/t38-,39+/m0/s1. The largest absolute Gasteiger partial charge is 0.471 e. The molecule has 0 unspecified atom stereocenters. The van der Waals surface area contributed by atoms with Crippen molar-refractivity contribution in [3.8, 4) is 28.3 Å². The molecule has 232 valence electrons. The van der Waals surface area contributed by atoms with Crippen molar-refractivity contribution in [3.05, 3.63) is 155 Å². The van der Waals surface area contributed by atoms with Gasteiger partial charge in [0.1, 0.15) is 29.3 Å². The van der Waals surface area contributed by atoms with E-state index < -0.39 is 0 Å². The molecule has 5 nitrogen and oxygen atoms in total. The molecule has 0 spiro atoms. The molecule has 0 amide bonds. The van der Waals surface area contributed by atoms with Crippen molar-refractivity contribution in [1.82, 2.24) is 9.55 Å². The smallest absolute Gasteiger partial charge is 0.217 e. The average Bonchev–Trinajstić information content (AvgIpc) is 3.78. The zero-order valence-electron chi connectivity index (χ0n) is 27.1. The number of aliphatic imine (C=N–C) groups is 1. The molecule has 7 aromatic rings. The van der Waals surface area contributed by atoms with E-state index in [0.29, 0.717) is 5.90 Å². The molecule has 3 aliphatic rings. The molecule has 10 rings (SSSR count). The van der Waals surface area contributed by atoms with Gasteiger partial charge in [-0.2, -0.15) is 0 Å². The van der Waals surface area contributed by atoms with Gasteiger partial charge < -0.3 is 9.47 Å². The van der Waals surface area contributed by atoms with Gasteiger partial charge in [0.05, 0.1) is 11.2 Å². The van der Waals surface area contributed by atoms with Crippen molar-refractivity contribution in [3.63, 3.8) is 0 Å². The fourth-order valence-corrected chi connectivity index (χ4v) is 8.19. The van der Waals surface area contributed by atoms with Gasteiger partial charge in [0.2, 0.25) is 5.90 Å². The Labute approximate surface area is 279 Å². The highest BCUT2D eigenvalue weighted by Gasteiger charge is 2.40. The minimum atomic E-state index is -0.197. The number of benzene rings is 5. The van der Waals surface area contributed by atoms with Gasteiger partial charge in [0.15, 0.2) is 0 Å². The predicted molar refractivity (Wildman–Crippen MR) is 192 cm³/mol. The van der Waals surface area contributed by atoms with E-state index in [9.17, 15) is 0 Å². The van der Waals surface area contributed by atoms with E-state index in [2.05, 4.69) is 128 Å². The van der Waals surface area contributed by atoms with Gasteiger partial charge in [-0.3, -0.25) is 4.57 Å². The van der Waals surface area contributed by atoms with Crippen LogP contribution in [0, 0.1) is 6.92 Å². The SMILES string of the molecule is Cc1cc2c(cc1Oc1cc(C3=N[C@@H]4c5ccccc5C[C@@H]4O3)cc(-c3ccccc3)c1)-n1c3ncccc3c3cccc(c31)C2(C)C. The van der Waals surface area contributed by atoms with Gasteiger partial charge in [-0.15, -0.1) is 0 Å². The van der Waals surface area contributed by atoms with Crippen LogP contribution in [0.15, 0.2) is 126 Å². The minimum Gasteiger partial charge on any atom is -0.471 e. The highest BCUT2D eigenvalue weighted by molar-refractivity contribution is 6.10. The summed E-state index contributed by atoms with van der Waals surface area (Å²) >= 11 is 0. The van der Waals surface area contributed by atoms with Gasteiger partial charge in [-0.05, 0) is 82.3 Å². The second-order valence-corrected chi connectivity index (χ2v) is 13.8. The van der Waals surface area contributed by atoms with Crippen LogP contribution in [0.3, 0.4) is 0 Å². The lowest BCUT2D eigenvalue weighted by atomic mass is 9.74. The van der Waals surface area contributed by atoms with E-state index >= 15 is 0 Å². The number of nitrogens with zero attached hydrogens (tertiary/aromatic N) is 3. The second kappa shape index (κ2) is 9.91. The van der Waals surface area contributed by atoms with Crippen molar-refractivity contribution >= 4 is 27.8 Å². The topological polar surface area (TPSA) is 48.6 Å². The molecule has 5 heteroatoms. The van der Waals surface area contributed by atoms with Crippen LogP contribution in [0.2, 0.25) is 0 Å². The molecule has 1 aliphatic carbocycles.